The summed E-state index contributed by atoms with van der Waals surface area (Å²) in [6, 6.07) is 0.132. The van der Waals surface area contributed by atoms with Gasteiger partial charge in [0, 0.05) is 31.9 Å². The molecule has 0 radical (unpaired) electrons. The van der Waals surface area contributed by atoms with Gasteiger partial charge in [-0.1, -0.05) is 0 Å². The fraction of sp³-hybridized carbons (Fsp3) is 0.750. The smallest absolute Gasteiger partial charge is 0.407 e. The van der Waals surface area contributed by atoms with Crippen molar-refractivity contribution >= 4 is 6.09 Å². The van der Waals surface area contributed by atoms with E-state index in [0.29, 0.717) is 5.92 Å². The van der Waals surface area contributed by atoms with E-state index in [-0.39, 0.29) is 12.1 Å². The lowest BCUT2D eigenvalue weighted by Gasteiger charge is -2.24. The molecule has 1 unspecified atom stereocenters. The first kappa shape index (κ1) is 16.8. The van der Waals surface area contributed by atoms with Gasteiger partial charge >= 0.3 is 6.09 Å². The summed E-state index contributed by atoms with van der Waals surface area (Å²) in [4.78, 5) is 16.1. The number of hydrogen-bond acceptors (Lipinski definition) is 4. The molecule has 6 nitrogen and oxygen atoms in total. The zero-order valence-corrected chi connectivity index (χ0v) is 14.1. The van der Waals surface area contributed by atoms with Gasteiger partial charge in [-0.3, -0.25) is 0 Å². The Morgan fingerprint density at radius 3 is 2.82 bits per heavy atom. The number of alkyl carbamates (subject to hydrolysis) is 1. The zero-order chi connectivity index (χ0) is 16.2. The number of imidazole rings is 1. The number of aromatic nitrogens is 2. The lowest BCUT2D eigenvalue weighted by molar-refractivity contribution is 0.0497. The standard InChI is InChI=1S/C16H28N4O2/c1-5-20-11-18-9-13(20)8-17-10-14(12-6-7-12)19-15(21)22-16(2,3)4/h9,11-12,14,17H,5-8,10H2,1-4H3,(H,19,21). The highest BCUT2D eigenvalue weighted by molar-refractivity contribution is 5.68. The van der Waals surface area contributed by atoms with Crippen molar-refractivity contribution in [2.45, 2.75) is 65.3 Å². The van der Waals surface area contributed by atoms with Crippen LogP contribution in [0.15, 0.2) is 12.5 Å². The number of nitrogens with one attached hydrogen (secondary N) is 2. The third kappa shape index (κ3) is 5.33. The number of ether oxygens (including phenoxy) is 1. The van der Waals surface area contributed by atoms with Crippen LogP contribution in [-0.4, -0.2) is 33.8 Å². The molecule has 1 aromatic rings. The maximum Gasteiger partial charge on any atom is 0.407 e. The number of amides is 1. The monoisotopic (exact) mass is 308 g/mol. The van der Waals surface area contributed by atoms with Gasteiger partial charge in [0.1, 0.15) is 5.60 Å². The lowest BCUT2D eigenvalue weighted by atomic mass is 10.2. The zero-order valence-electron chi connectivity index (χ0n) is 14.1. The van der Waals surface area contributed by atoms with Crippen LogP contribution in [-0.2, 0) is 17.8 Å². The number of nitrogens with zero attached hydrogens (tertiary/aromatic N) is 2. The molecule has 6 heteroatoms. The van der Waals surface area contributed by atoms with Crippen LogP contribution in [0, 0.1) is 5.92 Å². The van der Waals surface area contributed by atoms with Crippen molar-refractivity contribution in [3.63, 3.8) is 0 Å². The van der Waals surface area contributed by atoms with Crippen LogP contribution in [0.5, 0.6) is 0 Å². The van der Waals surface area contributed by atoms with Gasteiger partial charge < -0.3 is 19.9 Å². The molecule has 2 rings (SSSR count). The van der Waals surface area contributed by atoms with Crippen LogP contribution < -0.4 is 10.6 Å². The van der Waals surface area contributed by atoms with E-state index in [2.05, 4.69) is 27.1 Å². The van der Waals surface area contributed by atoms with Crippen molar-refractivity contribution in [1.29, 1.82) is 0 Å². The van der Waals surface area contributed by atoms with E-state index in [1.54, 1.807) is 0 Å². The van der Waals surface area contributed by atoms with Crippen molar-refractivity contribution in [3.8, 4) is 0 Å². The molecule has 124 valence electrons. The predicted octanol–water partition coefficient (Wildman–Crippen LogP) is 2.30. The van der Waals surface area contributed by atoms with E-state index in [1.165, 1.54) is 12.8 Å². The quantitative estimate of drug-likeness (QED) is 0.811. The summed E-state index contributed by atoms with van der Waals surface area (Å²) in [5.41, 5.74) is 0.702. The van der Waals surface area contributed by atoms with Crippen LogP contribution in [0.1, 0.15) is 46.2 Å². The molecule has 1 amide bonds. The Balaban J connectivity index is 1.79. The topological polar surface area (TPSA) is 68.2 Å². The maximum atomic E-state index is 11.9. The van der Waals surface area contributed by atoms with Gasteiger partial charge in [0.25, 0.3) is 0 Å². The average Bonchev–Trinajstić information content (AvgIpc) is 3.15. The number of aryl methyl sites for hydroxylation is 1. The molecule has 1 aliphatic carbocycles. The highest BCUT2D eigenvalue weighted by Gasteiger charge is 2.33. The van der Waals surface area contributed by atoms with E-state index < -0.39 is 5.60 Å². The van der Waals surface area contributed by atoms with Crippen molar-refractivity contribution < 1.29 is 9.53 Å². The number of carbonyl (C=O) groups is 1. The summed E-state index contributed by atoms with van der Waals surface area (Å²) < 4.78 is 7.45. The van der Waals surface area contributed by atoms with Gasteiger partial charge in [-0.25, -0.2) is 9.78 Å². The second-order valence-electron chi connectivity index (χ2n) is 6.89. The van der Waals surface area contributed by atoms with Gasteiger partial charge in [0.2, 0.25) is 0 Å². The maximum absolute atomic E-state index is 11.9. The molecule has 0 aromatic carbocycles. The lowest BCUT2D eigenvalue weighted by Crippen LogP contribution is -2.45. The molecule has 1 saturated carbocycles. The summed E-state index contributed by atoms with van der Waals surface area (Å²) in [5, 5.41) is 6.42. The summed E-state index contributed by atoms with van der Waals surface area (Å²) in [7, 11) is 0. The Hall–Kier alpha value is -1.56. The minimum absolute atomic E-state index is 0.132. The average molecular weight is 308 g/mol. The molecule has 0 aliphatic heterocycles. The van der Waals surface area contributed by atoms with Gasteiger partial charge in [0.15, 0.2) is 0 Å². The highest BCUT2D eigenvalue weighted by atomic mass is 16.6. The molecule has 1 fully saturated rings. The third-order valence-corrected chi connectivity index (χ3v) is 3.70. The van der Waals surface area contributed by atoms with E-state index in [4.69, 9.17) is 4.74 Å². The van der Waals surface area contributed by atoms with Gasteiger partial charge in [-0.15, -0.1) is 0 Å². The molecular formula is C16H28N4O2. The number of carbonyl (C=O) groups excluding carboxylic acids is 1. The molecule has 1 aromatic heterocycles. The molecule has 1 aliphatic rings. The predicted molar refractivity (Wildman–Crippen MR) is 85.5 cm³/mol. The molecule has 0 spiro atoms. The minimum atomic E-state index is -0.459. The van der Waals surface area contributed by atoms with Gasteiger partial charge in [-0.05, 0) is 46.5 Å². The molecule has 1 atom stereocenters. The molecular weight excluding hydrogens is 280 g/mol. The van der Waals surface area contributed by atoms with E-state index in [9.17, 15) is 4.79 Å². The number of rotatable bonds is 7. The number of hydrogen-bond donors (Lipinski definition) is 2. The van der Waals surface area contributed by atoms with E-state index in [0.717, 1.165) is 25.3 Å². The molecule has 0 saturated heterocycles. The Morgan fingerprint density at radius 1 is 1.50 bits per heavy atom. The van der Waals surface area contributed by atoms with Crippen LogP contribution in [0.4, 0.5) is 4.79 Å². The largest absolute Gasteiger partial charge is 0.444 e. The summed E-state index contributed by atoms with van der Waals surface area (Å²) >= 11 is 0. The fourth-order valence-corrected chi connectivity index (χ4v) is 2.43. The van der Waals surface area contributed by atoms with Crippen molar-refractivity contribution in [3.05, 3.63) is 18.2 Å². The van der Waals surface area contributed by atoms with Crippen molar-refractivity contribution in [1.82, 2.24) is 20.2 Å². The Morgan fingerprint density at radius 2 is 2.23 bits per heavy atom. The first-order chi connectivity index (χ1) is 10.4. The first-order valence-corrected chi connectivity index (χ1v) is 8.08. The van der Waals surface area contributed by atoms with Crippen molar-refractivity contribution in [2.75, 3.05) is 6.54 Å². The Bertz CT molecular complexity index is 489. The fourth-order valence-electron chi connectivity index (χ4n) is 2.43. The molecule has 0 bridgehead atoms. The van der Waals surface area contributed by atoms with E-state index in [1.807, 2.05) is 33.3 Å². The summed E-state index contributed by atoms with van der Waals surface area (Å²) in [5.74, 6) is 0.566. The normalized spacial score (nSPS) is 16.4. The first-order valence-electron chi connectivity index (χ1n) is 8.08. The molecule has 2 N–H and O–H groups in total. The molecule has 22 heavy (non-hydrogen) atoms. The third-order valence-electron chi connectivity index (χ3n) is 3.70. The Kier molecular flexibility index (Phi) is 5.45. The summed E-state index contributed by atoms with van der Waals surface area (Å²) in [6.45, 7) is 10.2. The van der Waals surface area contributed by atoms with Crippen LogP contribution >= 0.6 is 0 Å². The van der Waals surface area contributed by atoms with E-state index >= 15 is 0 Å². The van der Waals surface area contributed by atoms with Gasteiger partial charge in [-0.2, -0.15) is 0 Å². The molecule has 1 heterocycles. The van der Waals surface area contributed by atoms with Gasteiger partial charge in [0.05, 0.1) is 12.0 Å². The summed E-state index contributed by atoms with van der Waals surface area (Å²) in [6.07, 6.45) is 5.74. The minimum Gasteiger partial charge on any atom is -0.444 e. The Labute approximate surface area is 132 Å². The highest BCUT2D eigenvalue weighted by Crippen LogP contribution is 2.32. The SMILES string of the molecule is CCn1cncc1CNCC(NC(=O)OC(C)(C)C)C1CC1. The second kappa shape index (κ2) is 7.13. The van der Waals surface area contributed by atoms with Crippen LogP contribution in [0.25, 0.3) is 0 Å². The van der Waals surface area contributed by atoms with Crippen LogP contribution in [0.3, 0.4) is 0 Å². The van der Waals surface area contributed by atoms with Crippen molar-refractivity contribution in [2.24, 2.45) is 5.92 Å². The van der Waals surface area contributed by atoms with Crippen LogP contribution in [0.2, 0.25) is 0 Å². The second-order valence-corrected chi connectivity index (χ2v) is 6.89.